The molecule has 4 fully saturated rings. The molecule has 0 saturated carbocycles. The maximum atomic E-state index is 15.2. The molecule has 6 aliphatic heterocycles. The maximum absolute atomic E-state index is 15.2. The first-order valence-corrected chi connectivity index (χ1v) is 31.2. The van der Waals surface area contributed by atoms with Crippen molar-refractivity contribution >= 4 is 53.3 Å². The van der Waals surface area contributed by atoms with Crippen LogP contribution >= 0.6 is 0 Å². The van der Waals surface area contributed by atoms with E-state index in [0.717, 1.165) is 4.90 Å². The molecule has 538 valence electrons. The Morgan fingerprint density at radius 3 is 1.81 bits per heavy atom. The van der Waals surface area contributed by atoms with Gasteiger partial charge in [0.25, 0.3) is 0 Å². The molecule has 25 atom stereocenters. The van der Waals surface area contributed by atoms with E-state index >= 15 is 9.59 Å². The fraction of sp³-hybridized carbons (Fsp3) is 0.644. The summed E-state index contributed by atoms with van der Waals surface area (Å²) in [7, 11) is 0. The second kappa shape index (κ2) is 33.3. The Kier molecular flexibility index (Phi) is 25.8. The van der Waals surface area contributed by atoms with Crippen molar-refractivity contribution in [1.82, 2.24) is 42.1 Å². The third-order valence-corrected chi connectivity index (χ3v) is 17.3. The van der Waals surface area contributed by atoms with Crippen LogP contribution in [0.15, 0.2) is 64.6 Å². The molecular formula is C59H86N12O26. The monoisotopic (exact) mass is 1380 g/mol. The van der Waals surface area contributed by atoms with Crippen LogP contribution < -0.4 is 53.4 Å². The summed E-state index contributed by atoms with van der Waals surface area (Å²) >= 11 is 0. The number of nitrogens with two attached hydrogens (primary N) is 2. The van der Waals surface area contributed by atoms with Crippen molar-refractivity contribution in [3.8, 4) is 5.75 Å². The molecule has 6 aliphatic rings. The van der Waals surface area contributed by atoms with Gasteiger partial charge in [0.15, 0.2) is 30.5 Å². The Bertz CT molecular complexity index is 3100. The first-order chi connectivity index (χ1) is 46.1. The third-order valence-electron chi connectivity index (χ3n) is 17.3. The second-order valence-electron chi connectivity index (χ2n) is 24.6. The van der Waals surface area contributed by atoms with Crippen LogP contribution in [-0.4, -0.2) is 317 Å². The van der Waals surface area contributed by atoms with Gasteiger partial charge in [-0.3, -0.25) is 43.5 Å². The molecular weight excluding hydrogens is 1290 g/mol. The third kappa shape index (κ3) is 17.6. The number of amides is 6. The number of nitrogens with one attached hydrogen (secondary N) is 7. The molecule has 38 heteroatoms. The number of ether oxygens (including phenoxy) is 6. The molecule has 0 radical (unpaired) electrons. The zero-order valence-electron chi connectivity index (χ0n) is 52.7. The van der Waals surface area contributed by atoms with Gasteiger partial charge in [-0.15, -0.1) is 0 Å². The van der Waals surface area contributed by atoms with E-state index in [1.807, 2.05) is 0 Å². The standard InChI is InChI=1S/C59H86N12O26/c1-22(2)13-35(77)96-49-44(83)42(81)32(20-74)94-57(49)97-48-33(21-75)95-56(47(86)45(48)84)92-26-11-9-24(10-12-26)14-27-51(88)69-37(39(78)28-15-63-58(60)67-28)54(91)70-38(40(79)30-16-64-59(61)71(30)55-46(85)43(82)41(80)31(19-73)93-55)53(90)66-29(18-72)50(87)62-17-34(76)68-36(52(89)65-27)23(3)25-7-5-4-6-8-25/h4-12,22-23,27-33,36-49,55-57,72-75,78-86H,13-21H2,1-3H3,(H2,61,64)(H,62,87)(H,65,89)(H,66,90)(H,68,76)(H,69,88)(H,70,91)(H3,60,63,67)/t23?,27?,28?,29?,30?,31-,32-,33-,36?,37?,38?,39?,40?,41-,42-,43+,44+,45-,46+,47+,48-,49+,55+,56+,57-/m1/s1. The lowest BCUT2D eigenvalue weighted by molar-refractivity contribution is -0.353. The number of guanidine groups is 2. The molecule has 6 heterocycles. The van der Waals surface area contributed by atoms with Crippen molar-refractivity contribution in [2.75, 3.05) is 46.1 Å². The number of rotatable bonds is 20. The number of aliphatic hydroxyl groups excluding tert-OH is 13. The Morgan fingerprint density at radius 1 is 0.598 bits per heavy atom. The van der Waals surface area contributed by atoms with Gasteiger partial charge >= 0.3 is 5.97 Å². The zero-order valence-corrected chi connectivity index (χ0v) is 52.7. The summed E-state index contributed by atoms with van der Waals surface area (Å²) in [4.78, 5) is 109. The quantitative estimate of drug-likeness (QED) is 0.0547. The molecule has 2 aromatic rings. The number of aliphatic imine (C=N–C) groups is 2. The van der Waals surface area contributed by atoms with Crippen LogP contribution in [-0.2, 0) is 63.7 Å². The molecule has 2 aromatic carbocycles. The van der Waals surface area contributed by atoms with Crippen molar-refractivity contribution in [3.05, 3.63) is 65.7 Å². The molecule has 8 rings (SSSR count). The first-order valence-electron chi connectivity index (χ1n) is 31.2. The second-order valence-corrected chi connectivity index (χ2v) is 24.6. The molecule has 97 heavy (non-hydrogen) atoms. The number of hydrogen-bond donors (Lipinski definition) is 22. The average molecular weight is 1380 g/mol. The summed E-state index contributed by atoms with van der Waals surface area (Å²) in [6, 6.07) is 0.733. The lowest BCUT2D eigenvalue weighted by Crippen LogP contribution is -2.70. The predicted molar refractivity (Wildman–Crippen MR) is 326 cm³/mol. The van der Waals surface area contributed by atoms with Gasteiger partial charge in [-0.05, 0) is 29.2 Å². The van der Waals surface area contributed by atoms with Crippen LogP contribution in [0.1, 0.15) is 44.2 Å². The fourth-order valence-corrected chi connectivity index (χ4v) is 11.8. The van der Waals surface area contributed by atoms with E-state index in [4.69, 9.17) is 39.9 Å². The van der Waals surface area contributed by atoms with Gasteiger partial charge in [-0.1, -0.05) is 63.2 Å². The van der Waals surface area contributed by atoms with Gasteiger partial charge in [0.1, 0.15) is 115 Å². The highest BCUT2D eigenvalue weighted by atomic mass is 16.7. The highest BCUT2D eigenvalue weighted by Gasteiger charge is 2.55. The van der Waals surface area contributed by atoms with E-state index in [0.29, 0.717) is 5.56 Å². The minimum absolute atomic E-state index is 0.0869. The molecule has 0 bridgehead atoms. The number of benzene rings is 2. The molecule has 24 N–H and O–H groups in total. The van der Waals surface area contributed by atoms with Crippen LogP contribution in [0.25, 0.3) is 0 Å². The molecule has 0 aromatic heterocycles. The van der Waals surface area contributed by atoms with Crippen LogP contribution in [0.5, 0.6) is 5.75 Å². The Labute approximate surface area is 553 Å². The van der Waals surface area contributed by atoms with E-state index < -0.39 is 246 Å². The Hall–Kier alpha value is -7.61. The highest BCUT2D eigenvalue weighted by molar-refractivity contribution is 5.98. The van der Waals surface area contributed by atoms with Crippen LogP contribution in [0.3, 0.4) is 0 Å². The number of nitrogens with zero attached hydrogens (tertiary/aromatic N) is 3. The zero-order chi connectivity index (χ0) is 70.9. The summed E-state index contributed by atoms with van der Waals surface area (Å²) < 4.78 is 34.4. The average Bonchev–Trinajstić information content (AvgIpc) is 1.73. The summed E-state index contributed by atoms with van der Waals surface area (Å²) in [5.74, 6) is -10.1. The minimum Gasteiger partial charge on any atom is -0.462 e. The smallest absolute Gasteiger partial charge is 0.306 e. The Morgan fingerprint density at radius 2 is 1.19 bits per heavy atom. The molecule has 38 nitrogen and oxygen atoms in total. The van der Waals surface area contributed by atoms with Gasteiger partial charge in [-0.25, -0.2) is 0 Å². The van der Waals surface area contributed by atoms with E-state index in [-0.39, 0.29) is 36.2 Å². The normalized spacial score (nSPS) is 35.9. The summed E-state index contributed by atoms with van der Waals surface area (Å²) in [5, 5.41) is 159. The first kappa shape index (κ1) is 75.2. The minimum atomic E-state index is -2.36. The van der Waals surface area contributed by atoms with E-state index in [1.54, 1.807) is 51.1 Å². The summed E-state index contributed by atoms with van der Waals surface area (Å²) in [5.41, 5.74) is 12.8. The summed E-state index contributed by atoms with van der Waals surface area (Å²) in [6.07, 6.45) is -32.0. The van der Waals surface area contributed by atoms with Crippen molar-refractivity contribution in [3.63, 3.8) is 0 Å². The number of aliphatic hydroxyl groups is 13. The van der Waals surface area contributed by atoms with Gasteiger partial charge in [0.2, 0.25) is 41.7 Å². The maximum Gasteiger partial charge on any atom is 0.306 e. The predicted octanol–water partition coefficient (Wildman–Crippen LogP) is -12.0. The van der Waals surface area contributed by atoms with Crippen LogP contribution in [0, 0.1) is 5.92 Å². The van der Waals surface area contributed by atoms with Gasteiger partial charge in [-0.2, -0.15) is 0 Å². The van der Waals surface area contributed by atoms with Crippen molar-refractivity contribution < 1.29 is 128 Å². The van der Waals surface area contributed by atoms with E-state index in [2.05, 4.69) is 47.2 Å². The molecule has 6 amide bonds. The lowest BCUT2D eigenvalue weighted by Gasteiger charge is -2.46. The SMILES string of the molecule is CC(C)CC(=O)O[C@@H]1[C@@H](O[C@H]2[C@H](O)[C@H](O)[C@@H](Oc3ccc(CC4NC(=O)C(C(C)c5ccccc5)NC(=O)CNC(=O)C(CO)NC(=O)C(C(O)C5CN=C(N)N5[C@H]5O[C@H](CO)[C@@H](O)[C@H](O)[C@@H]5O)NC(=O)C(C(O)C5CN=C(N)N5)NC4=O)cc3)O[C@@H]2CO)O[C@H](CO)[C@@H](O)[C@@H]1O. The van der Waals surface area contributed by atoms with E-state index in [9.17, 15) is 90.4 Å². The van der Waals surface area contributed by atoms with Crippen molar-refractivity contribution in [1.29, 1.82) is 0 Å². The van der Waals surface area contributed by atoms with E-state index in [1.165, 1.54) is 24.3 Å². The van der Waals surface area contributed by atoms with Crippen LogP contribution in [0.2, 0.25) is 0 Å². The molecule has 0 spiro atoms. The van der Waals surface area contributed by atoms with Crippen LogP contribution in [0.4, 0.5) is 0 Å². The largest absolute Gasteiger partial charge is 0.462 e. The number of hydrogen-bond acceptors (Lipinski definition) is 32. The molecule has 0 aliphatic carbocycles. The van der Waals surface area contributed by atoms with Crippen molar-refractivity contribution in [2.24, 2.45) is 27.4 Å². The summed E-state index contributed by atoms with van der Waals surface area (Å²) in [6.45, 7) is -0.624. The number of esters is 1. The number of carbonyl (C=O) groups excluding carboxylic acids is 7. The Balaban J connectivity index is 1.10. The van der Waals surface area contributed by atoms with Gasteiger partial charge in [0, 0.05) is 18.8 Å². The van der Waals surface area contributed by atoms with Gasteiger partial charge in [0.05, 0.1) is 58.1 Å². The van der Waals surface area contributed by atoms with Crippen molar-refractivity contribution in [2.45, 2.75) is 186 Å². The number of carbonyl (C=O) groups is 7. The van der Waals surface area contributed by atoms with Gasteiger partial charge < -0.3 is 148 Å². The highest BCUT2D eigenvalue weighted by Crippen LogP contribution is 2.33. The fourth-order valence-electron chi connectivity index (χ4n) is 11.8. The lowest BCUT2D eigenvalue weighted by atomic mass is 9.92. The molecule has 4 saturated heterocycles. The topological polar surface area (TPSA) is 602 Å². The molecule has 10 unspecified atom stereocenters.